The highest BCUT2D eigenvalue weighted by molar-refractivity contribution is 7.18. The van der Waals surface area contributed by atoms with Gasteiger partial charge in [0.1, 0.15) is 11.3 Å². The standard InChI is InChI=1S/C17H17NOS/c1-11-12(10-19)8-9-17(2,3)15(11)16-18-13-6-4-5-7-14(13)20-16/h4-10,12,15H,1H2,2-3H3. The Morgan fingerprint density at radius 3 is 2.80 bits per heavy atom. The average Bonchev–Trinajstić information content (AvgIpc) is 2.81. The predicted molar refractivity (Wildman–Crippen MR) is 84.0 cm³/mol. The molecule has 0 saturated carbocycles. The molecule has 1 aromatic heterocycles. The summed E-state index contributed by atoms with van der Waals surface area (Å²) in [5, 5.41) is 1.05. The van der Waals surface area contributed by atoms with E-state index < -0.39 is 0 Å². The van der Waals surface area contributed by atoms with Crippen molar-refractivity contribution in [2.75, 3.05) is 0 Å². The molecular formula is C17H17NOS. The molecule has 0 fully saturated rings. The number of thiazole rings is 1. The number of para-hydroxylation sites is 1. The second-order valence-corrected chi connectivity index (χ2v) is 6.93. The lowest BCUT2D eigenvalue weighted by atomic mass is 9.68. The van der Waals surface area contributed by atoms with Gasteiger partial charge in [-0.1, -0.05) is 50.3 Å². The quantitative estimate of drug-likeness (QED) is 0.606. The molecule has 0 radical (unpaired) electrons. The lowest BCUT2D eigenvalue weighted by Gasteiger charge is -2.37. The molecule has 3 rings (SSSR count). The van der Waals surface area contributed by atoms with Gasteiger partial charge in [0, 0.05) is 5.92 Å². The Balaban J connectivity index is 2.13. The molecule has 0 amide bonds. The van der Waals surface area contributed by atoms with E-state index in [-0.39, 0.29) is 17.3 Å². The summed E-state index contributed by atoms with van der Waals surface area (Å²) in [4.78, 5) is 16.0. The van der Waals surface area contributed by atoms with E-state index in [1.54, 1.807) is 11.3 Å². The van der Waals surface area contributed by atoms with Gasteiger partial charge >= 0.3 is 0 Å². The monoisotopic (exact) mass is 283 g/mol. The predicted octanol–water partition coefficient (Wildman–Crippen LogP) is 4.35. The van der Waals surface area contributed by atoms with Gasteiger partial charge in [0.05, 0.1) is 16.1 Å². The lowest BCUT2D eigenvalue weighted by molar-refractivity contribution is -0.109. The Labute approximate surface area is 122 Å². The van der Waals surface area contributed by atoms with E-state index in [0.717, 1.165) is 22.4 Å². The molecule has 2 aromatic rings. The van der Waals surface area contributed by atoms with Crippen LogP contribution < -0.4 is 0 Å². The number of fused-ring (bicyclic) bond motifs is 1. The van der Waals surface area contributed by atoms with Crippen LogP contribution in [0.1, 0.15) is 24.8 Å². The van der Waals surface area contributed by atoms with Crippen LogP contribution in [0.5, 0.6) is 0 Å². The van der Waals surface area contributed by atoms with E-state index in [1.165, 1.54) is 4.70 Å². The van der Waals surface area contributed by atoms with Crippen molar-refractivity contribution < 1.29 is 4.79 Å². The van der Waals surface area contributed by atoms with E-state index >= 15 is 0 Å². The first-order valence-corrected chi connectivity index (χ1v) is 7.53. The fourth-order valence-corrected chi connectivity index (χ4v) is 4.17. The van der Waals surface area contributed by atoms with E-state index in [4.69, 9.17) is 4.98 Å². The van der Waals surface area contributed by atoms with E-state index in [0.29, 0.717) is 0 Å². The van der Waals surface area contributed by atoms with Gasteiger partial charge in [-0.15, -0.1) is 11.3 Å². The molecule has 20 heavy (non-hydrogen) atoms. The Morgan fingerprint density at radius 2 is 2.10 bits per heavy atom. The Bertz CT molecular complexity index is 678. The first-order valence-electron chi connectivity index (χ1n) is 6.72. The maximum atomic E-state index is 11.2. The van der Waals surface area contributed by atoms with Gasteiger partial charge in [0.2, 0.25) is 0 Å². The van der Waals surface area contributed by atoms with Crippen molar-refractivity contribution in [1.29, 1.82) is 0 Å². The number of nitrogens with zero attached hydrogens (tertiary/aromatic N) is 1. The summed E-state index contributed by atoms with van der Waals surface area (Å²) < 4.78 is 1.18. The zero-order chi connectivity index (χ0) is 14.3. The molecule has 102 valence electrons. The highest BCUT2D eigenvalue weighted by atomic mass is 32.1. The Hall–Kier alpha value is -1.74. The average molecular weight is 283 g/mol. The number of aldehydes is 1. The highest BCUT2D eigenvalue weighted by Crippen LogP contribution is 2.48. The molecule has 0 N–H and O–H groups in total. The smallest absolute Gasteiger partial charge is 0.130 e. The van der Waals surface area contributed by atoms with Gasteiger partial charge in [-0.3, -0.25) is 0 Å². The molecular weight excluding hydrogens is 266 g/mol. The molecule has 2 atom stereocenters. The third-order valence-electron chi connectivity index (χ3n) is 3.98. The van der Waals surface area contributed by atoms with Crippen LogP contribution in [0.15, 0.2) is 48.6 Å². The first kappa shape index (κ1) is 13.3. The minimum atomic E-state index is -0.194. The maximum Gasteiger partial charge on any atom is 0.130 e. The third-order valence-corrected chi connectivity index (χ3v) is 5.08. The molecule has 1 heterocycles. The fraction of sp³-hybridized carbons (Fsp3) is 0.294. The van der Waals surface area contributed by atoms with Crippen molar-refractivity contribution in [3.8, 4) is 0 Å². The normalized spacial score (nSPS) is 25.0. The van der Waals surface area contributed by atoms with Crippen LogP contribution in [0.3, 0.4) is 0 Å². The largest absolute Gasteiger partial charge is 0.302 e. The van der Waals surface area contributed by atoms with Crippen molar-refractivity contribution in [2.45, 2.75) is 19.8 Å². The number of hydrogen-bond acceptors (Lipinski definition) is 3. The Kier molecular flexibility index (Phi) is 3.09. The van der Waals surface area contributed by atoms with Crippen LogP contribution in [0.2, 0.25) is 0 Å². The van der Waals surface area contributed by atoms with Gasteiger partial charge in [0.25, 0.3) is 0 Å². The molecule has 1 aliphatic carbocycles. The molecule has 1 aromatic carbocycles. The molecule has 2 unspecified atom stereocenters. The molecule has 2 nitrogen and oxygen atoms in total. The van der Waals surface area contributed by atoms with Gasteiger partial charge in [-0.2, -0.15) is 0 Å². The van der Waals surface area contributed by atoms with Crippen LogP contribution in [0.4, 0.5) is 0 Å². The molecule has 3 heteroatoms. The van der Waals surface area contributed by atoms with Gasteiger partial charge in [-0.05, 0) is 17.5 Å². The van der Waals surface area contributed by atoms with Crippen LogP contribution >= 0.6 is 11.3 Å². The Morgan fingerprint density at radius 1 is 1.35 bits per heavy atom. The highest BCUT2D eigenvalue weighted by Gasteiger charge is 2.38. The van der Waals surface area contributed by atoms with Gasteiger partial charge in [0.15, 0.2) is 0 Å². The second-order valence-electron chi connectivity index (χ2n) is 5.87. The number of carbonyl (C=O) groups excluding carboxylic acids is 1. The number of carbonyl (C=O) groups is 1. The topological polar surface area (TPSA) is 30.0 Å². The fourth-order valence-electron chi connectivity index (χ4n) is 2.86. The van der Waals surface area contributed by atoms with Crippen molar-refractivity contribution >= 4 is 27.8 Å². The SMILES string of the molecule is C=C1C(C=O)C=CC(C)(C)C1c1nc2ccccc2s1. The van der Waals surface area contributed by atoms with Crippen LogP contribution in [-0.2, 0) is 4.79 Å². The van der Waals surface area contributed by atoms with Gasteiger partial charge in [-0.25, -0.2) is 4.98 Å². The van der Waals surface area contributed by atoms with Gasteiger partial charge < -0.3 is 4.79 Å². The molecule has 0 bridgehead atoms. The third kappa shape index (κ3) is 2.02. The molecule has 0 saturated heterocycles. The minimum absolute atomic E-state index is 0.0650. The zero-order valence-electron chi connectivity index (χ0n) is 11.7. The number of hydrogen-bond donors (Lipinski definition) is 0. The summed E-state index contributed by atoms with van der Waals surface area (Å²) in [6.07, 6.45) is 5.05. The lowest BCUT2D eigenvalue weighted by Crippen LogP contribution is -2.28. The molecule has 1 aliphatic rings. The van der Waals surface area contributed by atoms with E-state index in [2.05, 4.69) is 32.6 Å². The number of aromatic nitrogens is 1. The van der Waals surface area contributed by atoms with Crippen molar-refractivity contribution in [1.82, 2.24) is 4.98 Å². The number of benzene rings is 1. The van der Waals surface area contributed by atoms with E-state index in [9.17, 15) is 4.79 Å². The van der Waals surface area contributed by atoms with E-state index in [1.807, 2.05) is 24.3 Å². The summed E-state index contributed by atoms with van der Waals surface area (Å²) in [6.45, 7) is 8.52. The zero-order valence-corrected chi connectivity index (χ0v) is 12.5. The number of allylic oxidation sites excluding steroid dienone is 3. The van der Waals surface area contributed by atoms with Crippen LogP contribution in [-0.4, -0.2) is 11.3 Å². The van der Waals surface area contributed by atoms with Crippen molar-refractivity contribution in [3.05, 3.63) is 53.6 Å². The molecule has 0 aliphatic heterocycles. The van der Waals surface area contributed by atoms with Crippen LogP contribution in [0, 0.1) is 11.3 Å². The maximum absolute atomic E-state index is 11.2. The van der Waals surface area contributed by atoms with Crippen molar-refractivity contribution in [2.24, 2.45) is 11.3 Å². The summed E-state index contributed by atoms with van der Waals surface area (Å²) in [5.41, 5.74) is 1.91. The summed E-state index contributed by atoms with van der Waals surface area (Å²) >= 11 is 1.70. The molecule has 0 spiro atoms. The summed E-state index contributed by atoms with van der Waals surface area (Å²) in [7, 11) is 0. The van der Waals surface area contributed by atoms with Crippen molar-refractivity contribution in [3.63, 3.8) is 0 Å². The van der Waals surface area contributed by atoms with Crippen LogP contribution in [0.25, 0.3) is 10.2 Å². The minimum Gasteiger partial charge on any atom is -0.302 e. The first-order chi connectivity index (χ1) is 9.53. The summed E-state index contributed by atoms with van der Waals surface area (Å²) in [6, 6.07) is 8.14. The number of rotatable bonds is 2. The summed E-state index contributed by atoms with van der Waals surface area (Å²) in [5.74, 6) is -0.0971. The second kappa shape index (κ2) is 4.67.